The van der Waals surface area contributed by atoms with Crippen LogP contribution in [0.5, 0.6) is 5.75 Å². The summed E-state index contributed by atoms with van der Waals surface area (Å²) >= 11 is 0. The van der Waals surface area contributed by atoms with E-state index in [4.69, 9.17) is 0 Å². The number of alkyl halides is 3. The fraction of sp³-hybridized carbons (Fsp3) is 0.353. The minimum absolute atomic E-state index is 0.135. The molecule has 0 aliphatic rings. The zero-order valence-corrected chi connectivity index (χ0v) is 13.0. The Labute approximate surface area is 128 Å². The van der Waals surface area contributed by atoms with Gasteiger partial charge in [0.2, 0.25) is 0 Å². The third kappa shape index (κ3) is 4.00. The standard InChI is InChI=1S/C17H18F3NO/c1-11-8-9-12(22-17(18,19)20)10-13(11)14-6-5-7-15(21-14)16(2,3)4/h5-10H,1-4H3. The molecular formula is C17H18F3NO. The van der Waals surface area contributed by atoms with Crippen LogP contribution in [0.3, 0.4) is 0 Å². The van der Waals surface area contributed by atoms with E-state index in [1.807, 2.05) is 39.8 Å². The lowest BCUT2D eigenvalue weighted by molar-refractivity contribution is -0.274. The van der Waals surface area contributed by atoms with E-state index in [1.54, 1.807) is 12.1 Å². The average Bonchev–Trinajstić information content (AvgIpc) is 2.38. The Kier molecular flexibility index (Phi) is 4.18. The highest BCUT2D eigenvalue weighted by molar-refractivity contribution is 5.65. The second kappa shape index (κ2) is 5.63. The molecule has 2 nitrogen and oxygen atoms in total. The van der Waals surface area contributed by atoms with Gasteiger partial charge in [-0.2, -0.15) is 0 Å². The minimum Gasteiger partial charge on any atom is -0.406 e. The van der Waals surface area contributed by atoms with Crippen LogP contribution in [-0.4, -0.2) is 11.3 Å². The number of aromatic nitrogens is 1. The van der Waals surface area contributed by atoms with Crippen molar-refractivity contribution in [3.05, 3.63) is 47.7 Å². The van der Waals surface area contributed by atoms with Crippen molar-refractivity contribution in [2.45, 2.75) is 39.5 Å². The van der Waals surface area contributed by atoms with Crippen LogP contribution in [0.15, 0.2) is 36.4 Å². The number of rotatable bonds is 2. The fourth-order valence-corrected chi connectivity index (χ4v) is 2.08. The summed E-state index contributed by atoms with van der Waals surface area (Å²) in [4.78, 5) is 4.58. The number of hydrogen-bond acceptors (Lipinski definition) is 2. The first-order valence-electron chi connectivity index (χ1n) is 6.90. The van der Waals surface area contributed by atoms with E-state index in [9.17, 15) is 13.2 Å². The first-order valence-corrected chi connectivity index (χ1v) is 6.90. The zero-order valence-electron chi connectivity index (χ0n) is 13.0. The molecule has 0 aliphatic carbocycles. The second-order valence-electron chi connectivity index (χ2n) is 6.18. The van der Waals surface area contributed by atoms with Gasteiger partial charge in [0, 0.05) is 16.7 Å². The molecule has 2 aromatic rings. The molecule has 1 aromatic heterocycles. The molecule has 0 atom stereocenters. The Bertz CT molecular complexity index is 672. The summed E-state index contributed by atoms with van der Waals surface area (Å²) in [5.74, 6) is -0.240. The van der Waals surface area contributed by atoms with E-state index in [0.717, 1.165) is 11.3 Å². The molecule has 0 spiro atoms. The first-order chi connectivity index (χ1) is 10.1. The lowest BCUT2D eigenvalue weighted by atomic mass is 9.91. The maximum Gasteiger partial charge on any atom is 0.573 e. The van der Waals surface area contributed by atoms with Gasteiger partial charge in [-0.05, 0) is 36.8 Å². The molecule has 5 heteroatoms. The van der Waals surface area contributed by atoms with Crippen LogP contribution in [-0.2, 0) is 5.41 Å². The summed E-state index contributed by atoms with van der Waals surface area (Å²) in [5.41, 5.74) is 2.86. The minimum atomic E-state index is -4.70. The number of aryl methyl sites for hydroxylation is 1. The molecule has 0 bridgehead atoms. The van der Waals surface area contributed by atoms with Crippen molar-refractivity contribution in [3.63, 3.8) is 0 Å². The molecular weight excluding hydrogens is 291 g/mol. The van der Waals surface area contributed by atoms with Crippen LogP contribution in [0.1, 0.15) is 32.0 Å². The largest absolute Gasteiger partial charge is 0.573 e. The molecule has 0 N–H and O–H groups in total. The Hall–Kier alpha value is -2.04. The van der Waals surface area contributed by atoms with Gasteiger partial charge in [-0.15, -0.1) is 13.2 Å². The second-order valence-corrected chi connectivity index (χ2v) is 6.18. The van der Waals surface area contributed by atoms with Crippen molar-refractivity contribution in [1.82, 2.24) is 4.98 Å². The molecule has 2 rings (SSSR count). The van der Waals surface area contributed by atoms with E-state index in [2.05, 4.69) is 9.72 Å². The van der Waals surface area contributed by atoms with E-state index in [-0.39, 0.29) is 11.2 Å². The van der Waals surface area contributed by atoms with Gasteiger partial charge in [0.25, 0.3) is 0 Å². The lowest BCUT2D eigenvalue weighted by Gasteiger charge is -2.19. The number of hydrogen-bond donors (Lipinski definition) is 0. The summed E-state index contributed by atoms with van der Waals surface area (Å²) in [5, 5.41) is 0. The van der Waals surface area contributed by atoms with Crippen LogP contribution < -0.4 is 4.74 Å². The summed E-state index contributed by atoms with van der Waals surface area (Å²) in [6, 6.07) is 9.84. The third-order valence-corrected chi connectivity index (χ3v) is 3.24. The maximum atomic E-state index is 12.4. The monoisotopic (exact) mass is 309 g/mol. The molecule has 22 heavy (non-hydrogen) atoms. The number of ether oxygens (including phenoxy) is 1. The zero-order chi connectivity index (χ0) is 16.5. The van der Waals surface area contributed by atoms with E-state index in [0.29, 0.717) is 11.3 Å². The van der Waals surface area contributed by atoms with Crippen LogP contribution >= 0.6 is 0 Å². The Morgan fingerprint density at radius 2 is 1.68 bits per heavy atom. The van der Waals surface area contributed by atoms with Crippen molar-refractivity contribution in [3.8, 4) is 17.0 Å². The van der Waals surface area contributed by atoms with Crippen molar-refractivity contribution < 1.29 is 17.9 Å². The normalized spacial score (nSPS) is 12.3. The molecule has 0 radical (unpaired) electrons. The Balaban J connectivity index is 2.46. The molecule has 118 valence electrons. The molecule has 1 aromatic carbocycles. The van der Waals surface area contributed by atoms with Crippen molar-refractivity contribution in [1.29, 1.82) is 0 Å². The predicted octanol–water partition coefficient (Wildman–Crippen LogP) is 5.25. The van der Waals surface area contributed by atoms with E-state index < -0.39 is 6.36 Å². The van der Waals surface area contributed by atoms with Gasteiger partial charge in [-0.25, -0.2) is 0 Å². The highest BCUT2D eigenvalue weighted by Crippen LogP contribution is 2.31. The van der Waals surface area contributed by atoms with Gasteiger partial charge in [-0.3, -0.25) is 4.98 Å². The van der Waals surface area contributed by atoms with Gasteiger partial charge in [0.05, 0.1) is 5.69 Å². The van der Waals surface area contributed by atoms with Crippen LogP contribution in [0.2, 0.25) is 0 Å². The molecule has 0 saturated heterocycles. The van der Waals surface area contributed by atoms with Crippen molar-refractivity contribution in [2.24, 2.45) is 0 Å². The molecule has 0 unspecified atom stereocenters. The third-order valence-electron chi connectivity index (χ3n) is 3.24. The molecule has 0 saturated carbocycles. The number of halogens is 3. The lowest BCUT2D eigenvalue weighted by Crippen LogP contribution is -2.17. The average molecular weight is 309 g/mol. The van der Waals surface area contributed by atoms with Crippen LogP contribution in [0.25, 0.3) is 11.3 Å². The number of benzene rings is 1. The molecule has 1 heterocycles. The van der Waals surface area contributed by atoms with Gasteiger partial charge < -0.3 is 4.74 Å². The highest BCUT2D eigenvalue weighted by atomic mass is 19.4. The van der Waals surface area contributed by atoms with Crippen LogP contribution in [0.4, 0.5) is 13.2 Å². The maximum absolute atomic E-state index is 12.4. The van der Waals surface area contributed by atoms with Gasteiger partial charge in [0.15, 0.2) is 0 Å². The predicted molar refractivity (Wildman–Crippen MR) is 79.8 cm³/mol. The van der Waals surface area contributed by atoms with Crippen LogP contribution in [0, 0.1) is 6.92 Å². The van der Waals surface area contributed by atoms with E-state index >= 15 is 0 Å². The summed E-state index contributed by atoms with van der Waals surface area (Å²) in [6.07, 6.45) is -4.70. The van der Waals surface area contributed by atoms with Gasteiger partial charge in [-0.1, -0.05) is 32.9 Å². The smallest absolute Gasteiger partial charge is 0.406 e. The van der Waals surface area contributed by atoms with E-state index in [1.165, 1.54) is 12.1 Å². The topological polar surface area (TPSA) is 22.1 Å². The number of pyridine rings is 1. The quantitative estimate of drug-likeness (QED) is 0.755. The van der Waals surface area contributed by atoms with Crippen molar-refractivity contribution in [2.75, 3.05) is 0 Å². The summed E-state index contributed by atoms with van der Waals surface area (Å²) in [7, 11) is 0. The highest BCUT2D eigenvalue weighted by Gasteiger charge is 2.31. The molecule has 0 fully saturated rings. The number of nitrogens with zero attached hydrogens (tertiary/aromatic N) is 1. The summed E-state index contributed by atoms with van der Waals surface area (Å²) < 4.78 is 41.1. The molecule has 0 aliphatic heterocycles. The SMILES string of the molecule is Cc1ccc(OC(F)(F)F)cc1-c1cccc(C(C)(C)C)n1. The Morgan fingerprint density at radius 3 is 2.27 bits per heavy atom. The van der Waals surface area contributed by atoms with Crippen molar-refractivity contribution >= 4 is 0 Å². The van der Waals surface area contributed by atoms with Gasteiger partial charge >= 0.3 is 6.36 Å². The molecule has 0 amide bonds. The summed E-state index contributed by atoms with van der Waals surface area (Å²) in [6.45, 7) is 7.94. The Morgan fingerprint density at radius 1 is 1.00 bits per heavy atom. The first kappa shape index (κ1) is 16.3. The van der Waals surface area contributed by atoms with Gasteiger partial charge in [0.1, 0.15) is 5.75 Å². The fourth-order valence-electron chi connectivity index (χ4n) is 2.08.